The molecule has 3 nitrogen and oxygen atoms in total. The standard InChI is InChI=1S/C17H13BrClFN2O/c1-9(2)15-12-8-10(18)6-7-11(12)17(23)22(21-15)16-13(19)4-3-5-14(16)20/h3-9H,1-2H3. The lowest BCUT2D eigenvalue weighted by atomic mass is 10.0. The molecule has 0 saturated carbocycles. The molecule has 23 heavy (non-hydrogen) atoms. The van der Waals surface area contributed by atoms with Crippen molar-refractivity contribution in [3.63, 3.8) is 0 Å². The van der Waals surface area contributed by atoms with Crippen molar-refractivity contribution in [1.29, 1.82) is 0 Å². The Labute approximate surface area is 145 Å². The van der Waals surface area contributed by atoms with Crippen molar-refractivity contribution < 1.29 is 4.39 Å². The van der Waals surface area contributed by atoms with Crippen LogP contribution in [0.2, 0.25) is 5.02 Å². The van der Waals surface area contributed by atoms with E-state index < -0.39 is 11.4 Å². The van der Waals surface area contributed by atoms with E-state index in [0.717, 1.165) is 14.5 Å². The van der Waals surface area contributed by atoms with Crippen LogP contribution in [0.1, 0.15) is 25.5 Å². The number of hydrogen-bond acceptors (Lipinski definition) is 2. The van der Waals surface area contributed by atoms with E-state index in [1.54, 1.807) is 12.1 Å². The molecule has 1 aromatic heterocycles. The van der Waals surface area contributed by atoms with Gasteiger partial charge in [-0.3, -0.25) is 4.79 Å². The lowest BCUT2D eigenvalue weighted by molar-refractivity contribution is 0.602. The first-order chi connectivity index (χ1) is 10.9. The molecule has 0 unspecified atom stereocenters. The Morgan fingerprint density at radius 1 is 1.22 bits per heavy atom. The molecule has 0 spiro atoms. The van der Waals surface area contributed by atoms with E-state index in [4.69, 9.17) is 11.6 Å². The summed E-state index contributed by atoms with van der Waals surface area (Å²) < 4.78 is 16.1. The van der Waals surface area contributed by atoms with Crippen LogP contribution in [0, 0.1) is 5.82 Å². The highest BCUT2D eigenvalue weighted by molar-refractivity contribution is 9.10. The van der Waals surface area contributed by atoms with E-state index in [2.05, 4.69) is 21.0 Å². The van der Waals surface area contributed by atoms with Crippen molar-refractivity contribution in [1.82, 2.24) is 9.78 Å². The third-order valence-corrected chi connectivity index (χ3v) is 4.38. The third kappa shape index (κ3) is 2.79. The average molecular weight is 396 g/mol. The minimum atomic E-state index is -0.585. The van der Waals surface area contributed by atoms with Gasteiger partial charge in [0, 0.05) is 9.86 Å². The first-order valence-corrected chi connectivity index (χ1v) is 8.24. The van der Waals surface area contributed by atoms with Crippen molar-refractivity contribution >= 4 is 38.3 Å². The van der Waals surface area contributed by atoms with E-state index in [9.17, 15) is 9.18 Å². The van der Waals surface area contributed by atoms with Gasteiger partial charge in [-0.2, -0.15) is 9.78 Å². The van der Waals surface area contributed by atoms with Gasteiger partial charge in [0.05, 0.1) is 16.1 Å². The summed E-state index contributed by atoms with van der Waals surface area (Å²) in [6.45, 7) is 3.95. The fourth-order valence-electron chi connectivity index (χ4n) is 2.51. The molecular weight excluding hydrogens is 383 g/mol. The Hall–Kier alpha value is -1.72. The molecule has 3 aromatic rings. The number of aromatic nitrogens is 2. The molecule has 0 fully saturated rings. The first kappa shape index (κ1) is 16.1. The van der Waals surface area contributed by atoms with Gasteiger partial charge in [0.15, 0.2) is 5.82 Å². The topological polar surface area (TPSA) is 34.9 Å². The zero-order valence-electron chi connectivity index (χ0n) is 12.5. The summed E-state index contributed by atoms with van der Waals surface area (Å²) in [6, 6.07) is 9.63. The summed E-state index contributed by atoms with van der Waals surface area (Å²) in [5, 5.41) is 5.77. The highest BCUT2D eigenvalue weighted by Crippen LogP contribution is 2.27. The van der Waals surface area contributed by atoms with Crippen molar-refractivity contribution in [3.8, 4) is 5.69 Å². The quantitative estimate of drug-likeness (QED) is 0.607. The molecule has 0 atom stereocenters. The second-order valence-corrected chi connectivity index (χ2v) is 6.84. The Morgan fingerprint density at radius 3 is 2.61 bits per heavy atom. The summed E-state index contributed by atoms with van der Waals surface area (Å²) >= 11 is 9.51. The largest absolute Gasteiger partial charge is 0.279 e. The molecule has 3 rings (SSSR count). The molecule has 0 aliphatic heterocycles. The van der Waals surface area contributed by atoms with Crippen LogP contribution >= 0.6 is 27.5 Å². The molecule has 0 amide bonds. The van der Waals surface area contributed by atoms with E-state index in [1.807, 2.05) is 19.9 Å². The molecule has 2 aromatic carbocycles. The highest BCUT2D eigenvalue weighted by atomic mass is 79.9. The summed E-state index contributed by atoms with van der Waals surface area (Å²) in [5.74, 6) is -0.525. The fourth-order valence-corrected chi connectivity index (χ4v) is 3.11. The van der Waals surface area contributed by atoms with Crippen LogP contribution in [0.15, 0.2) is 45.7 Å². The second kappa shape index (κ2) is 6.06. The number of benzene rings is 2. The predicted molar refractivity (Wildman–Crippen MR) is 94.1 cm³/mol. The molecule has 6 heteroatoms. The highest BCUT2D eigenvalue weighted by Gasteiger charge is 2.18. The van der Waals surface area contributed by atoms with Crippen LogP contribution in [0.25, 0.3) is 16.5 Å². The SMILES string of the molecule is CC(C)c1nn(-c2c(F)cccc2Cl)c(=O)c2ccc(Br)cc12. The van der Waals surface area contributed by atoms with Crippen LogP contribution in [-0.2, 0) is 0 Å². The van der Waals surface area contributed by atoms with Gasteiger partial charge in [-0.1, -0.05) is 47.4 Å². The van der Waals surface area contributed by atoms with Gasteiger partial charge in [-0.05, 0) is 36.2 Å². The van der Waals surface area contributed by atoms with Crippen molar-refractivity contribution in [3.05, 3.63) is 67.8 Å². The van der Waals surface area contributed by atoms with Crippen LogP contribution in [0.3, 0.4) is 0 Å². The normalized spacial score (nSPS) is 11.4. The molecule has 0 bridgehead atoms. The summed E-state index contributed by atoms with van der Waals surface area (Å²) in [4.78, 5) is 12.8. The van der Waals surface area contributed by atoms with Gasteiger partial charge < -0.3 is 0 Å². The summed E-state index contributed by atoms with van der Waals surface area (Å²) in [5.41, 5.74) is 0.287. The van der Waals surface area contributed by atoms with Gasteiger partial charge in [0.25, 0.3) is 5.56 Å². The molecule has 0 N–H and O–H groups in total. The number of nitrogens with zero attached hydrogens (tertiary/aromatic N) is 2. The van der Waals surface area contributed by atoms with Crippen molar-refractivity contribution in [2.24, 2.45) is 0 Å². The lowest BCUT2D eigenvalue weighted by Crippen LogP contribution is -2.24. The zero-order valence-corrected chi connectivity index (χ0v) is 14.8. The molecule has 0 radical (unpaired) electrons. The van der Waals surface area contributed by atoms with Gasteiger partial charge in [-0.15, -0.1) is 0 Å². The summed E-state index contributed by atoms with van der Waals surface area (Å²) in [6.07, 6.45) is 0. The van der Waals surface area contributed by atoms with Crippen LogP contribution < -0.4 is 5.56 Å². The van der Waals surface area contributed by atoms with Crippen molar-refractivity contribution in [2.75, 3.05) is 0 Å². The number of fused-ring (bicyclic) bond motifs is 1. The first-order valence-electron chi connectivity index (χ1n) is 7.07. The van der Waals surface area contributed by atoms with Gasteiger partial charge in [0.2, 0.25) is 0 Å². The minimum absolute atomic E-state index is 0.0223. The maximum absolute atomic E-state index is 14.2. The number of hydrogen-bond donors (Lipinski definition) is 0. The fraction of sp³-hybridized carbons (Fsp3) is 0.176. The maximum Gasteiger partial charge on any atom is 0.279 e. The molecule has 0 saturated heterocycles. The number of para-hydroxylation sites is 1. The molecule has 0 aliphatic carbocycles. The average Bonchev–Trinajstić information content (AvgIpc) is 2.48. The second-order valence-electron chi connectivity index (χ2n) is 5.52. The van der Waals surface area contributed by atoms with Gasteiger partial charge in [0.1, 0.15) is 5.69 Å². The minimum Gasteiger partial charge on any atom is -0.267 e. The van der Waals surface area contributed by atoms with E-state index in [0.29, 0.717) is 11.1 Å². The molecule has 1 heterocycles. The Bertz CT molecular complexity index is 948. The Balaban J connectivity index is 2.46. The molecule has 0 aliphatic rings. The number of rotatable bonds is 2. The summed E-state index contributed by atoms with van der Waals surface area (Å²) in [7, 11) is 0. The maximum atomic E-state index is 14.2. The Morgan fingerprint density at radius 2 is 1.96 bits per heavy atom. The smallest absolute Gasteiger partial charge is 0.267 e. The lowest BCUT2D eigenvalue weighted by Gasteiger charge is -2.14. The zero-order chi connectivity index (χ0) is 16.7. The van der Waals surface area contributed by atoms with E-state index in [1.165, 1.54) is 18.2 Å². The van der Waals surface area contributed by atoms with Crippen LogP contribution in [0.5, 0.6) is 0 Å². The third-order valence-electron chi connectivity index (χ3n) is 3.58. The molecular formula is C17H13BrClFN2O. The van der Waals surface area contributed by atoms with E-state index in [-0.39, 0.29) is 16.6 Å². The monoisotopic (exact) mass is 394 g/mol. The van der Waals surface area contributed by atoms with E-state index >= 15 is 0 Å². The van der Waals surface area contributed by atoms with Gasteiger partial charge in [-0.25, -0.2) is 4.39 Å². The van der Waals surface area contributed by atoms with Crippen molar-refractivity contribution in [2.45, 2.75) is 19.8 Å². The van der Waals surface area contributed by atoms with Gasteiger partial charge >= 0.3 is 0 Å². The Kier molecular flexibility index (Phi) is 4.25. The number of halogens is 3. The predicted octanol–water partition coefficient (Wildman–Crippen LogP) is 5.06. The van der Waals surface area contributed by atoms with Crippen LogP contribution in [0.4, 0.5) is 4.39 Å². The molecule has 118 valence electrons. The van der Waals surface area contributed by atoms with Crippen LogP contribution in [-0.4, -0.2) is 9.78 Å².